The van der Waals surface area contributed by atoms with E-state index < -0.39 is 6.85 Å². The summed E-state index contributed by atoms with van der Waals surface area (Å²) in [6, 6.07) is 5.72. The molecule has 0 aliphatic rings. The maximum atomic E-state index is 7.75. The van der Waals surface area contributed by atoms with E-state index in [4.69, 9.17) is 4.11 Å². The number of aryl methyl sites for hydroxylation is 1. The SMILES string of the molecule is [2H]C([2H])([2H])c1cccc(C(C)(C)C(C)C)c1C(C)C. The highest BCUT2D eigenvalue weighted by molar-refractivity contribution is 5.41. The zero-order valence-corrected chi connectivity index (χ0v) is 11.4. The quantitative estimate of drug-likeness (QED) is 0.670. The monoisotopic (exact) mass is 221 g/mol. The van der Waals surface area contributed by atoms with E-state index in [1.54, 1.807) is 6.07 Å². The Morgan fingerprint density at radius 3 is 2.19 bits per heavy atom. The summed E-state index contributed by atoms with van der Waals surface area (Å²) in [6.45, 7) is 10.9. The first-order valence-electron chi connectivity index (χ1n) is 7.63. The summed E-state index contributed by atoms with van der Waals surface area (Å²) in [5.74, 6) is 0.668. The molecule has 0 spiro atoms. The van der Waals surface area contributed by atoms with Gasteiger partial charge >= 0.3 is 0 Å². The summed E-state index contributed by atoms with van der Waals surface area (Å²) >= 11 is 0. The van der Waals surface area contributed by atoms with Crippen LogP contribution < -0.4 is 0 Å². The Labute approximate surface area is 105 Å². The molecule has 0 saturated carbocycles. The van der Waals surface area contributed by atoms with Crippen molar-refractivity contribution in [2.24, 2.45) is 5.92 Å². The van der Waals surface area contributed by atoms with E-state index in [1.807, 2.05) is 6.07 Å². The summed E-state index contributed by atoms with van der Waals surface area (Å²) in [5.41, 5.74) is 2.65. The normalized spacial score (nSPS) is 16.1. The van der Waals surface area contributed by atoms with Crippen molar-refractivity contribution >= 4 is 0 Å². The fourth-order valence-electron chi connectivity index (χ4n) is 2.06. The van der Waals surface area contributed by atoms with Crippen molar-refractivity contribution in [1.29, 1.82) is 0 Å². The Balaban J connectivity index is 3.59. The molecular formula is C16H26. The van der Waals surface area contributed by atoms with Crippen LogP contribution in [-0.2, 0) is 5.41 Å². The van der Waals surface area contributed by atoms with Gasteiger partial charge in [-0.15, -0.1) is 0 Å². The number of rotatable bonds is 3. The third kappa shape index (κ3) is 2.31. The van der Waals surface area contributed by atoms with Gasteiger partial charge in [0.15, 0.2) is 0 Å². The second-order valence-corrected chi connectivity index (χ2v) is 5.80. The zero-order chi connectivity index (χ0) is 15.0. The molecule has 0 atom stereocenters. The van der Waals surface area contributed by atoms with E-state index >= 15 is 0 Å². The van der Waals surface area contributed by atoms with Crippen molar-refractivity contribution in [2.45, 2.75) is 59.7 Å². The van der Waals surface area contributed by atoms with Gasteiger partial charge in [-0.3, -0.25) is 0 Å². The third-order valence-corrected chi connectivity index (χ3v) is 3.82. The van der Waals surface area contributed by atoms with Crippen LogP contribution in [0.5, 0.6) is 0 Å². The second kappa shape index (κ2) is 4.61. The smallest absolute Gasteiger partial charge is 0.0280 e. The lowest BCUT2D eigenvalue weighted by molar-refractivity contribution is 0.368. The number of hydrogen-bond acceptors (Lipinski definition) is 0. The summed E-state index contributed by atoms with van der Waals surface area (Å²) in [4.78, 5) is 0. The lowest BCUT2D eigenvalue weighted by Gasteiger charge is -2.33. The molecule has 0 fully saturated rings. The molecule has 0 heterocycles. The maximum Gasteiger partial charge on any atom is 0.0280 e. The molecule has 1 aromatic carbocycles. The van der Waals surface area contributed by atoms with Crippen LogP contribution in [0.15, 0.2) is 18.2 Å². The summed E-state index contributed by atoms with van der Waals surface area (Å²) in [6.07, 6.45) is 0. The first kappa shape index (κ1) is 9.27. The summed E-state index contributed by atoms with van der Waals surface area (Å²) < 4.78 is 23.2. The van der Waals surface area contributed by atoms with Crippen LogP contribution in [-0.4, -0.2) is 0 Å². The molecule has 0 N–H and O–H groups in total. The van der Waals surface area contributed by atoms with Crippen molar-refractivity contribution < 1.29 is 4.11 Å². The van der Waals surface area contributed by atoms with Gasteiger partial charge in [-0.2, -0.15) is 0 Å². The van der Waals surface area contributed by atoms with E-state index in [0.29, 0.717) is 11.5 Å². The average molecular weight is 221 g/mol. The van der Waals surface area contributed by atoms with Crippen LogP contribution >= 0.6 is 0 Å². The van der Waals surface area contributed by atoms with Gasteiger partial charge in [-0.1, -0.05) is 59.7 Å². The molecule has 0 aromatic heterocycles. The molecule has 1 rings (SSSR count). The van der Waals surface area contributed by atoms with Crippen molar-refractivity contribution in [1.82, 2.24) is 0 Å². The van der Waals surface area contributed by atoms with E-state index in [2.05, 4.69) is 47.6 Å². The highest BCUT2D eigenvalue weighted by atomic mass is 14.3. The van der Waals surface area contributed by atoms with Crippen LogP contribution in [0.2, 0.25) is 0 Å². The fourth-order valence-corrected chi connectivity index (χ4v) is 2.06. The molecule has 0 bridgehead atoms. The van der Waals surface area contributed by atoms with E-state index in [-0.39, 0.29) is 11.3 Å². The third-order valence-electron chi connectivity index (χ3n) is 3.82. The van der Waals surface area contributed by atoms with Crippen molar-refractivity contribution in [3.05, 3.63) is 34.9 Å². The predicted octanol–water partition coefficient (Wildman–Crippen LogP) is 5.05. The minimum Gasteiger partial charge on any atom is -0.0619 e. The van der Waals surface area contributed by atoms with Crippen LogP contribution in [0.25, 0.3) is 0 Å². The zero-order valence-electron chi connectivity index (χ0n) is 14.4. The molecule has 0 unspecified atom stereocenters. The Bertz CT molecular complexity index is 440. The van der Waals surface area contributed by atoms with Crippen molar-refractivity contribution in [3.63, 3.8) is 0 Å². The largest absolute Gasteiger partial charge is 0.0619 e. The van der Waals surface area contributed by atoms with Gasteiger partial charge < -0.3 is 0 Å². The maximum absolute atomic E-state index is 7.75. The van der Waals surface area contributed by atoms with E-state index in [9.17, 15) is 0 Å². The topological polar surface area (TPSA) is 0 Å². The van der Waals surface area contributed by atoms with Gasteiger partial charge in [0.05, 0.1) is 0 Å². The van der Waals surface area contributed by atoms with Gasteiger partial charge in [0, 0.05) is 4.11 Å². The molecule has 0 aliphatic heterocycles. The van der Waals surface area contributed by atoms with E-state index in [1.165, 1.54) is 5.56 Å². The van der Waals surface area contributed by atoms with Crippen LogP contribution in [0.1, 0.15) is 68.3 Å². The molecule has 16 heavy (non-hydrogen) atoms. The Kier molecular flexibility index (Phi) is 2.67. The van der Waals surface area contributed by atoms with Crippen LogP contribution in [0.3, 0.4) is 0 Å². The Morgan fingerprint density at radius 2 is 1.75 bits per heavy atom. The molecule has 1 aromatic rings. The number of benzene rings is 1. The first-order chi connectivity index (χ1) is 8.49. The minimum absolute atomic E-state index is 0.0269. The van der Waals surface area contributed by atoms with E-state index in [0.717, 1.165) is 5.56 Å². The minimum atomic E-state index is -2.04. The Morgan fingerprint density at radius 1 is 1.12 bits per heavy atom. The molecule has 0 nitrogen and oxygen atoms in total. The molecule has 0 heteroatoms. The summed E-state index contributed by atoms with van der Waals surface area (Å²) in [7, 11) is 0. The standard InChI is InChI=1S/C16H26/c1-11(2)15-13(5)9-8-10-14(15)16(6,7)12(3)4/h8-12H,1-7H3/i5D3. The molecule has 0 radical (unpaired) electrons. The fraction of sp³-hybridized carbons (Fsp3) is 0.625. The van der Waals surface area contributed by atoms with Gasteiger partial charge in [-0.05, 0) is 40.8 Å². The highest BCUT2D eigenvalue weighted by Gasteiger charge is 2.28. The Hall–Kier alpha value is -0.780. The van der Waals surface area contributed by atoms with Crippen molar-refractivity contribution in [3.8, 4) is 0 Å². The highest BCUT2D eigenvalue weighted by Crippen LogP contribution is 2.37. The molecule has 0 saturated heterocycles. The predicted molar refractivity (Wildman–Crippen MR) is 73.1 cm³/mol. The second-order valence-electron chi connectivity index (χ2n) is 5.80. The summed E-state index contributed by atoms with van der Waals surface area (Å²) in [5, 5.41) is 0. The van der Waals surface area contributed by atoms with Gasteiger partial charge in [0.1, 0.15) is 0 Å². The number of hydrogen-bond donors (Lipinski definition) is 0. The lowest BCUT2D eigenvalue weighted by atomic mass is 9.71. The lowest BCUT2D eigenvalue weighted by Crippen LogP contribution is -2.26. The van der Waals surface area contributed by atoms with Gasteiger partial charge in [0.2, 0.25) is 0 Å². The first-order valence-corrected chi connectivity index (χ1v) is 6.13. The van der Waals surface area contributed by atoms with Gasteiger partial charge in [-0.25, -0.2) is 0 Å². The average Bonchev–Trinajstić information content (AvgIpc) is 2.26. The molecule has 0 amide bonds. The molecule has 0 aliphatic carbocycles. The molecular weight excluding hydrogens is 192 g/mol. The van der Waals surface area contributed by atoms with Crippen LogP contribution in [0, 0.1) is 12.8 Å². The van der Waals surface area contributed by atoms with Gasteiger partial charge in [0.25, 0.3) is 0 Å². The van der Waals surface area contributed by atoms with Crippen LogP contribution in [0.4, 0.5) is 0 Å². The molecule has 90 valence electrons. The van der Waals surface area contributed by atoms with Crippen molar-refractivity contribution in [2.75, 3.05) is 0 Å².